The molecule has 1 aliphatic rings. The van der Waals surface area contributed by atoms with E-state index in [1.807, 2.05) is 30.3 Å². The average molecular weight is 500 g/mol. The lowest BCUT2D eigenvalue weighted by Gasteiger charge is -2.29. The van der Waals surface area contributed by atoms with E-state index in [4.69, 9.17) is 11.6 Å². The van der Waals surface area contributed by atoms with E-state index in [1.54, 1.807) is 24.3 Å². The molecule has 0 aromatic heterocycles. The summed E-state index contributed by atoms with van der Waals surface area (Å²) in [6, 6.07) is 20.3. The highest BCUT2D eigenvalue weighted by molar-refractivity contribution is 6.31. The van der Waals surface area contributed by atoms with Crippen molar-refractivity contribution < 1.29 is 22.8 Å². The Hall–Kier alpha value is -3.65. The third-order valence-electron chi connectivity index (χ3n) is 5.87. The van der Waals surface area contributed by atoms with Crippen molar-refractivity contribution in [2.24, 2.45) is 5.10 Å². The number of nitrogens with zero attached hydrogens (tertiary/aromatic N) is 2. The highest BCUT2D eigenvalue weighted by Gasteiger charge is 2.49. The van der Waals surface area contributed by atoms with Gasteiger partial charge in [0.2, 0.25) is 5.91 Å². The monoisotopic (exact) mass is 499 g/mol. The van der Waals surface area contributed by atoms with Crippen molar-refractivity contribution in [2.45, 2.75) is 18.5 Å². The van der Waals surface area contributed by atoms with Crippen molar-refractivity contribution in [1.29, 1.82) is 0 Å². The first-order valence-electron chi connectivity index (χ1n) is 10.7. The van der Waals surface area contributed by atoms with Gasteiger partial charge >= 0.3 is 6.18 Å². The van der Waals surface area contributed by atoms with Crippen molar-refractivity contribution in [1.82, 2.24) is 5.01 Å². The molecule has 5 nitrogen and oxygen atoms in total. The molecule has 35 heavy (non-hydrogen) atoms. The number of carbonyl (C=O) groups is 2. The Balaban J connectivity index is 1.61. The van der Waals surface area contributed by atoms with Crippen molar-refractivity contribution in [3.05, 3.63) is 101 Å². The van der Waals surface area contributed by atoms with Crippen LogP contribution in [-0.2, 0) is 21.2 Å². The van der Waals surface area contributed by atoms with Gasteiger partial charge in [-0.2, -0.15) is 18.3 Å². The second kappa shape index (κ2) is 9.54. The molecule has 0 saturated carbocycles. The normalized spacial score (nSPS) is 17.7. The van der Waals surface area contributed by atoms with Crippen molar-refractivity contribution in [2.75, 3.05) is 18.4 Å². The summed E-state index contributed by atoms with van der Waals surface area (Å²) in [5.41, 5.74) is 0.247. The van der Waals surface area contributed by atoms with Crippen LogP contribution in [0.3, 0.4) is 0 Å². The summed E-state index contributed by atoms with van der Waals surface area (Å²) in [4.78, 5) is 25.8. The quantitative estimate of drug-likeness (QED) is 0.484. The number of ketones is 1. The fraction of sp³-hybridized carbons (Fsp3) is 0.192. The van der Waals surface area contributed by atoms with E-state index in [2.05, 4.69) is 10.4 Å². The van der Waals surface area contributed by atoms with E-state index >= 15 is 0 Å². The number of anilines is 1. The molecule has 0 aliphatic carbocycles. The molecule has 0 bridgehead atoms. The molecule has 1 aliphatic heterocycles. The fourth-order valence-electron chi connectivity index (χ4n) is 4.15. The minimum absolute atomic E-state index is 0.130. The van der Waals surface area contributed by atoms with Gasteiger partial charge in [0.05, 0.1) is 17.8 Å². The molecule has 1 heterocycles. The Labute approximate surface area is 205 Å². The van der Waals surface area contributed by atoms with Gasteiger partial charge in [-0.05, 0) is 54.4 Å². The topological polar surface area (TPSA) is 61.8 Å². The maximum absolute atomic E-state index is 13.1. The summed E-state index contributed by atoms with van der Waals surface area (Å²) in [6.07, 6.45) is -4.46. The van der Waals surface area contributed by atoms with E-state index < -0.39 is 23.1 Å². The van der Waals surface area contributed by atoms with Gasteiger partial charge in [-0.25, -0.2) is 0 Å². The van der Waals surface area contributed by atoms with Crippen LogP contribution in [0.25, 0.3) is 0 Å². The van der Waals surface area contributed by atoms with Gasteiger partial charge in [0, 0.05) is 10.7 Å². The van der Waals surface area contributed by atoms with Crippen LogP contribution in [-0.4, -0.2) is 35.5 Å². The zero-order valence-corrected chi connectivity index (χ0v) is 19.4. The first-order valence-corrected chi connectivity index (χ1v) is 11.1. The molecular weight excluding hydrogens is 479 g/mol. The second-order valence-corrected chi connectivity index (χ2v) is 8.67. The summed E-state index contributed by atoms with van der Waals surface area (Å²) in [5, 5.41) is 9.26. The molecule has 1 N–H and O–H groups in total. The maximum Gasteiger partial charge on any atom is 0.416 e. The van der Waals surface area contributed by atoms with Crippen LogP contribution >= 0.6 is 11.6 Å². The second-order valence-electron chi connectivity index (χ2n) is 8.23. The fourth-order valence-corrected chi connectivity index (χ4v) is 4.28. The predicted octanol–water partition coefficient (Wildman–Crippen LogP) is 5.54. The van der Waals surface area contributed by atoms with Crippen LogP contribution in [0.4, 0.5) is 18.9 Å². The van der Waals surface area contributed by atoms with Gasteiger partial charge in [-0.15, -0.1) is 0 Å². The highest BCUT2D eigenvalue weighted by atomic mass is 35.5. The number of benzene rings is 3. The lowest BCUT2D eigenvalue weighted by Crippen LogP contribution is -2.46. The number of rotatable bonds is 6. The Morgan fingerprint density at radius 1 is 1.00 bits per heavy atom. The number of amides is 1. The van der Waals surface area contributed by atoms with Crippen LogP contribution in [0.15, 0.2) is 84.0 Å². The lowest BCUT2D eigenvalue weighted by molar-refractivity contribution is -0.137. The van der Waals surface area contributed by atoms with Crippen LogP contribution < -0.4 is 5.32 Å². The predicted molar refractivity (Wildman–Crippen MR) is 128 cm³/mol. The number of alkyl halides is 3. The Morgan fingerprint density at radius 2 is 1.63 bits per heavy atom. The van der Waals surface area contributed by atoms with E-state index in [9.17, 15) is 22.8 Å². The first-order chi connectivity index (χ1) is 16.6. The zero-order valence-electron chi connectivity index (χ0n) is 18.6. The standard InChI is InChI=1S/C26H21ClF3N3O2/c1-17(34)25(19-5-3-2-4-6-19)16-33(32-24(25)18-7-11-21(27)12-8-18)15-23(35)31-22-13-9-20(10-14-22)26(28,29)30/h2-14H,15-16H2,1H3,(H,31,35). The third kappa shape index (κ3) is 5.07. The molecule has 3 aromatic rings. The van der Waals surface area contributed by atoms with Crippen molar-refractivity contribution in [3.8, 4) is 0 Å². The highest BCUT2D eigenvalue weighted by Crippen LogP contribution is 2.37. The van der Waals surface area contributed by atoms with E-state index in [-0.39, 0.29) is 24.6 Å². The van der Waals surface area contributed by atoms with E-state index in [0.717, 1.165) is 17.7 Å². The molecule has 4 rings (SSSR count). The van der Waals surface area contributed by atoms with Crippen molar-refractivity contribution >= 4 is 34.7 Å². The summed E-state index contributed by atoms with van der Waals surface area (Å²) in [5.74, 6) is -0.612. The molecule has 0 radical (unpaired) electrons. The number of hydrogen-bond acceptors (Lipinski definition) is 4. The Morgan fingerprint density at radius 3 is 2.20 bits per heavy atom. The molecule has 0 saturated heterocycles. The van der Waals surface area contributed by atoms with Gasteiger partial charge in [0.1, 0.15) is 17.7 Å². The SMILES string of the molecule is CC(=O)C1(c2ccccc2)CN(CC(=O)Nc2ccc(C(F)(F)F)cc2)N=C1c1ccc(Cl)cc1. The van der Waals surface area contributed by atoms with Gasteiger partial charge < -0.3 is 5.32 Å². The number of hydrogen-bond donors (Lipinski definition) is 1. The molecule has 180 valence electrons. The summed E-state index contributed by atoms with van der Waals surface area (Å²) in [6.45, 7) is 1.43. The van der Waals surface area contributed by atoms with Crippen LogP contribution in [0.1, 0.15) is 23.6 Å². The molecule has 9 heteroatoms. The molecular formula is C26H21ClF3N3O2. The summed E-state index contributed by atoms with van der Waals surface area (Å²) < 4.78 is 38.4. The Kier molecular flexibility index (Phi) is 6.67. The first kappa shape index (κ1) is 24.5. The smallest absolute Gasteiger partial charge is 0.324 e. The lowest BCUT2D eigenvalue weighted by atomic mass is 9.71. The molecule has 0 fully saturated rings. The largest absolute Gasteiger partial charge is 0.416 e. The van der Waals surface area contributed by atoms with Gasteiger partial charge in [-0.1, -0.05) is 54.1 Å². The summed E-state index contributed by atoms with van der Waals surface area (Å²) >= 11 is 6.05. The average Bonchev–Trinajstić information content (AvgIpc) is 3.20. The molecule has 3 aromatic carbocycles. The zero-order chi connectivity index (χ0) is 25.2. The number of halogens is 4. The number of Topliss-reactive ketones (excluding diaryl/α,β-unsaturated/α-hetero) is 1. The summed E-state index contributed by atoms with van der Waals surface area (Å²) in [7, 11) is 0. The number of hydrazone groups is 1. The molecule has 1 amide bonds. The van der Waals surface area contributed by atoms with Crippen LogP contribution in [0.5, 0.6) is 0 Å². The van der Waals surface area contributed by atoms with Crippen LogP contribution in [0.2, 0.25) is 5.02 Å². The van der Waals surface area contributed by atoms with E-state index in [0.29, 0.717) is 16.3 Å². The van der Waals surface area contributed by atoms with Gasteiger partial charge in [-0.3, -0.25) is 14.6 Å². The maximum atomic E-state index is 13.1. The molecule has 0 spiro atoms. The van der Waals surface area contributed by atoms with Crippen molar-refractivity contribution in [3.63, 3.8) is 0 Å². The van der Waals surface area contributed by atoms with Gasteiger partial charge in [0.25, 0.3) is 0 Å². The minimum atomic E-state index is -4.46. The van der Waals surface area contributed by atoms with Gasteiger partial charge in [0.15, 0.2) is 0 Å². The Bertz CT molecular complexity index is 1260. The molecule has 1 atom stereocenters. The minimum Gasteiger partial charge on any atom is -0.324 e. The van der Waals surface area contributed by atoms with E-state index in [1.165, 1.54) is 24.1 Å². The molecule has 1 unspecified atom stereocenters. The van der Waals surface area contributed by atoms with Crippen LogP contribution in [0, 0.1) is 0 Å². The third-order valence-corrected chi connectivity index (χ3v) is 6.12. The number of nitrogens with one attached hydrogen (secondary N) is 1. The number of carbonyl (C=O) groups excluding carboxylic acids is 2.